The number of benzene rings is 2. The van der Waals surface area contributed by atoms with E-state index in [0.29, 0.717) is 23.3 Å². The Hall–Kier alpha value is -2.35. The molecule has 156 valence electrons. The highest BCUT2D eigenvalue weighted by Gasteiger charge is 2.18. The van der Waals surface area contributed by atoms with Crippen LogP contribution >= 0.6 is 23.4 Å². The van der Waals surface area contributed by atoms with Gasteiger partial charge in [-0.25, -0.2) is 0 Å². The minimum Gasteiger partial charge on any atom is -0.376 e. The van der Waals surface area contributed by atoms with E-state index in [2.05, 4.69) is 27.6 Å². The van der Waals surface area contributed by atoms with Crippen molar-refractivity contribution in [2.75, 3.05) is 18.9 Å². The molecule has 1 atom stereocenters. The Bertz CT molecular complexity index is 973. The summed E-state index contributed by atoms with van der Waals surface area (Å²) < 4.78 is 7.59. The lowest BCUT2D eigenvalue weighted by Crippen LogP contribution is -2.32. The van der Waals surface area contributed by atoms with E-state index < -0.39 is 0 Å². The first kappa shape index (κ1) is 20.9. The summed E-state index contributed by atoms with van der Waals surface area (Å²) in [6.45, 7) is 1.96. The average Bonchev–Trinajstić information content (AvgIpc) is 3.42. The summed E-state index contributed by atoms with van der Waals surface area (Å²) in [5, 5.41) is 13.1. The molecular formula is C22H23ClN4O2S. The smallest absolute Gasteiger partial charge is 0.230 e. The fourth-order valence-electron chi connectivity index (χ4n) is 3.33. The molecule has 30 heavy (non-hydrogen) atoms. The molecule has 0 spiro atoms. The van der Waals surface area contributed by atoms with Gasteiger partial charge in [0.25, 0.3) is 0 Å². The standard InChI is InChI=1S/C22H23ClN4O2S/c23-18-10-8-17(9-11-18)21-25-26-22(27(21)14-16-5-2-1-3-6-16)30-15-20(28)24-13-19-7-4-12-29-19/h1-3,5-6,8-11,19H,4,7,12-15H2,(H,24,28)/t19-/m0/s1. The number of thioether (sulfide) groups is 1. The number of hydrogen-bond acceptors (Lipinski definition) is 5. The lowest BCUT2D eigenvalue weighted by atomic mass is 10.2. The van der Waals surface area contributed by atoms with Gasteiger partial charge < -0.3 is 10.1 Å². The van der Waals surface area contributed by atoms with Gasteiger partial charge in [-0.15, -0.1) is 10.2 Å². The molecule has 1 N–H and O–H groups in total. The van der Waals surface area contributed by atoms with Gasteiger partial charge in [0.1, 0.15) is 0 Å². The van der Waals surface area contributed by atoms with Crippen LogP contribution in [0.15, 0.2) is 59.8 Å². The number of carbonyl (C=O) groups excluding carboxylic acids is 1. The van der Waals surface area contributed by atoms with Crippen LogP contribution in [0, 0.1) is 0 Å². The van der Waals surface area contributed by atoms with E-state index in [1.54, 1.807) is 0 Å². The zero-order chi connectivity index (χ0) is 20.8. The van der Waals surface area contributed by atoms with Gasteiger partial charge in [0.05, 0.1) is 18.4 Å². The van der Waals surface area contributed by atoms with Gasteiger partial charge in [-0.2, -0.15) is 0 Å². The first-order chi connectivity index (χ1) is 14.7. The van der Waals surface area contributed by atoms with E-state index in [-0.39, 0.29) is 17.8 Å². The predicted octanol–water partition coefficient (Wildman–Crippen LogP) is 4.03. The van der Waals surface area contributed by atoms with E-state index in [4.69, 9.17) is 16.3 Å². The Kier molecular flexibility index (Phi) is 7.04. The van der Waals surface area contributed by atoms with E-state index in [1.165, 1.54) is 11.8 Å². The Labute approximate surface area is 185 Å². The summed E-state index contributed by atoms with van der Waals surface area (Å²) in [5.41, 5.74) is 2.06. The van der Waals surface area contributed by atoms with Crippen molar-refractivity contribution < 1.29 is 9.53 Å². The van der Waals surface area contributed by atoms with Crippen molar-refractivity contribution in [3.8, 4) is 11.4 Å². The first-order valence-corrected chi connectivity index (χ1v) is 11.3. The number of ether oxygens (including phenoxy) is 1. The quantitative estimate of drug-likeness (QED) is 0.533. The lowest BCUT2D eigenvalue weighted by molar-refractivity contribution is -0.119. The fourth-order valence-corrected chi connectivity index (χ4v) is 4.22. The molecule has 2 heterocycles. The number of aromatic nitrogens is 3. The Morgan fingerprint density at radius 2 is 1.97 bits per heavy atom. The molecule has 6 nitrogen and oxygen atoms in total. The maximum absolute atomic E-state index is 12.3. The fraction of sp³-hybridized carbons (Fsp3) is 0.318. The third-order valence-electron chi connectivity index (χ3n) is 4.89. The molecule has 1 fully saturated rings. The Morgan fingerprint density at radius 1 is 1.17 bits per heavy atom. The summed E-state index contributed by atoms with van der Waals surface area (Å²) in [5.74, 6) is 0.996. The third kappa shape index (κ3) is 5.41. The molecule has 8 heteroatoms. The predicted molar refractivity (Wildman–Crippen MR) is 119 cm³/mol. The van der Waals surface area contributed by atoms with E-state index >= 15 is 0 Å². The molecule has 4 rings (SSSR count). The van der Waals surface area contributed by atoms with Gasteiger partial charge in [-0.3, -0.25) is 9.36 Å². The van der Waals surface area contributed by atoms with Gasteiger partial charge >= 0.3 is 0 Å². The Morgan fingerprint density at radius 3 is 2.70 bits per heavy atom. The van der Waals surface area contributed by atoms with E-state index in [1.807, 2.05) is 47.0 Å². The Balaban J connectivity index is 1.48. The van der Waals surface area contributed by atoms with Crippen LogP contribution < -0.4 is 5.32 Å². The highest BCUT2D eigenvalue weighted by Crippen LogP contribution is 2.26. The molecule has 0 bridgehead atoms. The second-order valence-electron chi connectivity index (χ2n) is 7.11. The molecule has 1 saturated heterocycles. The molecule has 1 aromatic heterocycles. The molecule has 0 aliphatic carbocycles. The zero-order valence-corrected chi connectivity index (χ0v) is 18.0. The summed E-state index contributed by atoms with van der Waals surface area (Å²) in [6.07, 6.45) is 2.20. The molecule has 0 saturated carbocycles. The highest BCUT2D eigenvalue weighted by molar-refractivity contribution is 7.99. The minimum atomic E-state index is -0.0298. The van der Waals surface area contributed by atoms with Crippen LogP contribution in [-0.2, 0) is 16.1 Å². The van der Waals surface area contributed by atoms with Crippen LogP contribution in [0.25, 0.3) is 11.4 Å². The van der Waals surface area contributed by atoms with Gasteiger partial charge in [-0.1, -0.05) is 53.7 Å². The molecule has 0 radical (unpaired) electrons. The van der Waals surface area contributed by atoms with Crippen molar-refractivity contribution in [3.05, 3.63) is 65.2 Å². The van der Waals surface area contributed by atoms with Crippen LogP contribution in [0.3, 0.4) is 0 Å². The van der Waals surface area contributed by atoms with Crippen LogP contribution in [0.2, 0.25) is 5.02 Å². The van der Waals surface area contributed by atoms with Crippen LogP contribution in [0.4, 0.5) is 0 Å². The molecule has 3 aromatic rings. The normalized spacial score (nSPS) is 16.0. The van der Waals surface area contributed by atoms with Crippen LogP contribution in [0.1, 0.15) is 18.4 Å². The SMILES string of the molecule is O=C(CSc1nnc(-c2ccc(Cl)cc2)n1Cc1ccccc1)NC[C@@H]1CCCO1. The minimum absolute atomic E-state index is 0.0298. The maximum atomic E-state index is 12.3. The number of nitrogens with zero attached hydrogens (tertiary/aromatic N) is 3. The third-order valence-corrected chi connectivity index (χ3v) is 6.10. The average molecular weight is 443 g/mol. The molecule has 1 amide bonds. The van der Waals surface area contributed by atoms with E-state index in [0.717, 1.165) is 36.4 Å². The molecule has 2 aromatic carbocycles. The van der Waals surface area contributed by atoms with E-state index in [9.17, 15) is 4.79 Å². The summed E-state index contributed by atoms with van der Waals surface area (Å²) >= 11 is 7.42. The monoisotopic (exact) mass is 442 g/mol. The van der Waals surface area contributed by atoms with Gasteiger partial charge in [0, 0.05) is 23.7 Å². The number of nitrogens with one attached hydrogen (secondary N) is 1. The molecule has 1 aliphatic rings. The highest BCUT2D eigenvalue weighted by atomic mass is 35.5. The van der Waals surface area contributed by atoms with Gasteiger partial charge in [0.15, 0.2) is 11.0 Å². The van der Waals surface area contributed by atoms with Gasteiger partial charge in [-0.05, 0) is 42.7 Å². The number of hydrogen-bond donors (Lipinski definition) is 1. The number of halogens is 1. The largest absolute Gasteiger partial charge is 0.376 e. The zero-order valence-electron chi connectivity index (χ0n) is 16.5. The van der Waals surface area contributed by atoms with Crippen molar-refractivity contribution >= 4 is 29.3 Å². The lowest BCUT2D eigenvalue weighted by Gasteiger charge is -2.12. The van der Waals surface area contributed by atoms with Crippen molar-refractivity contribution in [2.45, 2.75) is 30.6 Å². The molecular weight excluding hydrogens is 420 g/mol. The first-order valence-electron chi connectivity index (χ1n) is 9.93. The number of carbonyl (C=O) groups is 1. The van der Waals surface area contributed by atoms with Crippen LogP contribution in [0.5, 0.6) is 0 Å². The summed E-state index contributed by atoms with van der Waals surface area (Å²) in [4.78, 5) is 12.3. The molecule has 0 unspecified atom stereocenters. The summed E-state index contributed by atoms with van der Waals surface area (Å²) in [7, 11) is 0. The molecule has 1 aliphatic heterocycles. The van der Waals surface area contributed by atoms with Crippen molar-refractivity contribution in [3.63, 3.8) is 0 Å². The topological polar surface area (TPSA) is 69.0 Å². The van der Waals surface area contributed by atoms with Crippen molar-refractivity contribution in [1.29, 1.82) is 0 Å². The second-order valence-corrected chi connectivity index (χ2v) is 8.49. The van der Waals surface area contributed by atoms with Crippen molar-refractivity contribution in [2.24, 2.45) is 0 Å². The number of rotatable bonds is 8. The van der Waals surface area contributed by atoms with Crippen LogP contribution in [-0.4, -0.2) is 45.7 Å². The maximum Gasteiger partial charge on any atom is 0.230 e. The van der Waals surface area contributed by atoms with Gasteiger partial charge in [0.2, 0.25) is 5.91 Å². The second kappa shape index (κ2) is 10.1. The number of amides is 1. The van der Waals surface area contributed by atoms with Crippen molar-refractivity contribution in [1.82, 2.24) is 20.1 Å². The summed E-state index contributed by atoms with van der Waals surface area (Å²) in [6, 6.07) is 17.7.